The lowest BCUT2D eigenvalue weighted by Crippen LogP contribution is -2.14. The van der Waals surface area contributed by atoms with Crippen molar-refractivity contribution < 1.29 is 9.21 Å². The molecule has 18 heavy (non-hydrogen) atoms. The first-order valence-corrected chi connectivity index (χ1v) is 7.88. The standard InChI is InChI=1S/C9H10N4O2S3/c1-5-3-10-7(15-5)11-6(14)4-17-9-12-8(16-2)13-18-9/h3H,4H2,1-2H3,(H,10,11,14). The molecule has 0 fully saturated rings. The lowest BCUT2D eigenvalue weighted by molar-refractivity contribution is -0.113. The summed E-state index contributed by atoms with van der Waals surface area (Å²) in [5.41, 5.74) is 0. The zero-order valence-electron chi connectivity index (χ0n) is 9.67. The summed E-state index contributed by atoms with van der Waals surface area (Å²) in [5.74, 6) is 0.735. The minimum Gasteiger partial charge on any atom is -0.429 e. The molecule has 0 spiro atoms. The number of nitrogens with zero attached hydrogens (tertiary/aromatic N) is 3. The molecule has 0 aliphatic heterocycles. The zero-order valence-corrected chi connectivity index (χ0v) is 12.1. The molecule has 0 bridgehead atoms. The molecule has 2 rings (SSSR count). The number of hydrogen-bond acceptors (Lipinski definition) is 8. The van der Waals surface area contributed by atoms with Crippen LogP contribution in [-0.4, -0.2) is 32.3 Å². The Morgan fingerprint density at radius 1 is 1.61 bits per heavy atom. The van der Waals surface area contributed by atoms with Crippen LogP contribution in [0.1, 0.15) is 5.76 Å². The number of oxazole rings is 1. The Kier molecular flexibility index (Phi) is 4.61. The predicted octanol–water partition coefficient (Wildman–Crippen LogP) is 2.29. The van der Waals surface area contributed by atoms with Gasteiger partial charge in [-0.3, -0.25) is 10.1 Å². The molecular formula is C9H10N4O2S3. The van der Waals surface area contributed by atoms with Gasteiger partial charge in [0.25, 0.3) is 0 Å². The molecular weight excluding hydrogens is 292 g/mol. The summed E-state index contributed by atoms with van der Waals surface area (Å²) in [6.45, 7) is 1.77. The molecule has 1 N–H and O–H groups in total. The van der Waals surface area contributed by atoms with Crippen LogP contribution in [0.3, 0.4) is 0 Å². The van der Waals surface area contributed by atoms with E-state index in [4.69, 9.17) is 4.42 Å². The number of nitrogens with one attached hydrogen (secondary N) is 1. The fourth-order valence-electron chi connectivity index (χ4n) is 1.03. The first-order chi connectivity index (χ1) is 8.67. The van der Waals surface area contributed by atoms with E-state index in [1.54, 1.807) is 13.1 Å². The van der Waals surface area contributed by atoms with Crippen molar-refractivity contribution in [3.05, 3.63) is 12.0 Å². The first-order valence-electron chi connectivity index (χ1n) is 4.90. The van der Waals surface area contributed by atoms with Gasteiger partial charge in [-0.15, -0.1) is 0 Å². The van der Waals surface area contributed by atoms with Gasteiger partial charge in [0.2, 0.25) is 11.1 Å². The fraction of sp³-hybridized carbons (Fsp3) is 0.333. The quantitative estimate of drug-likeness (QED) is 0.849. The summed E-state index contributed by atoms with van der Waals surface area (Å²) >= 11 is 4.11. The lowest BCUT2D eigenvalue weighted by Gasteiger charge is -1.98. The van der Waals surface area contributed by atoms with Crippen LogP contribution < -0.4 is 5.32 Å². The van der Waals surface area contributed by atoms with Crippen LogP contribution in [0.5, 0.6) is 0 Å². The Balaban J connectivity index is 1.81. The molecule has 0 aromatic carbocycles. The maximum absolute atomic E-state index is 11.6. The number of amides is 1. The second-order valence-electron chi connectivity index (χ2n) is 3.16. The van der Waals surface area contributed by atoms with E-state index in [0.29, 0.717) is 5.76 Å². The third kappa shape index (κ3) is 3.72. The minimum absolute atomic E-state index is 0.178. The van der Waals surface area contributed by atoms with E-state index < -0.39 is 0 Å². The highest BCUT2D eigenvalue weighted by atomic mass is 32.2. The van der Waals surface area contributed by atoms with E-state index >= 15 is 0 Å². The summed E-state index contributed by atoms with van der Waals surface area (Å²) in [6, 6.07) is 0.222. The van der Waals surface area contributed by atoms with Gasteiger partial charge in [-0.1, -0.05) is 23.5 Å². The molecule has 2 aromatic rings. The number of rotatable bonds is 5. The number of anilines is 1. The zero-order chi connectivity index (χ0) is 13.0. The topological polar surface area (TPSA) is 80.9 Å². The summed E-state index contributed by atoms with van der Waals surface area (Å²) in [7, 11) is 0. The van der Waals surface area contributed by atoms with Crippen molar-refractivity contribution in [2.24, 2.45) is 0 Å². The normalized spacial score (nSPS) is 10.6. The third-order valence-electron chi connectivity index (χ3n) is 1.77. The van der Waals surface area contributed by atoms with Crippen molar-refractivity contribution in [3.63, 3.8) is 0 Å². The van der Waals surface area contributed by atoms with Crippen molar-refractivity contribution in [1.82, 2.24) is 14.3 Å². The number of aryl methyl sites for hydroxylation is 1. The largest absolute Gasteiger partial charge is 0.429 e. The molecule has 0 aliphatic rings. The molecule has 2 heterocycles. The highest BCUT2D eigenvalue weighted by Crippen LogP contribution is 2.23. The molecule has 0 unspecified atom stereocenters. The van der Waals surface area contributed by atoms with Crippen LogP contribution >= 0.6 is 35.1 Å². The van der Waals surface area contributed by atoms with Gasteiger partial charge >= 0.3 is 6.01 Å². The van der Waals surface area contributed by atoms with E-state index in [0.717, 1.165) is 9.50 Å². The highest BCUT2D eigenvalue weighted by molar-refractivity contribution is 8.01. The molecule has 9 heteroatoms. The molecule has 0 saturated carbocycles. The van der Waals surface area contributed by atoms with Crippen LogP contribution in [-0.2, 0) is 4.79 Å². The predicted molar refractivity (Wildman–Crippen MR) is 72.3 cm³/mol. The summed E-state index contributed by atoms with van der Waals surface area (Å²) in [6.07, 6.45) is 3.46. The molecule has 96 valence electrons. The third-order valence-corrected chi connectivity index (χ3v) is 4.26. The van der Waals surface area contributed by atoms with Crippen LogP contribution in [0.25, 0.3) is 0 Å². The average molecular weight is 302 g/mol. The Morgan fingerprint density at radius 3 is 3.06 bits per heavy atom. The second kappa shape index (κ2) is 6.21. The van der Waals surface area contributed by atoms with E-state index in [1.165, 1.54) is 35.1 Å². The van der Waals surface area contributed by atoms with Crippen LogP contribution in [0.15, 0.2) is 20.1 Å². The maximum atomic E-state index is 11.6. The minimum atomic E-state index is -0.178. The maximum Gasteiger partial charge on any atom is 0.301 e. The summed E-state index contributed by atoms with van der Waals surface area (Å²) < 4.78 is 10.0. The van der Waals surface area contributed by atoms with Crippen molar-refractivity contribution in [3.8, 4) is 0 Å². The SMILES string of the molecule is CSc1nsc(SCC(=O)Nc2ncc(C)o2)n1. The highest BCUT2D eigenvalue weighted by Gasteiger charge is 2.10. The average Bonchev–Trinajstić information content (AvgIpc) is 2.95. The molecule has 0 saturated heterocycles. The van der Waals surface area contributed by atoms with Gasteiger partial charge in [0.1, 0.15) is 5.76 Å². The van der Waals surface area contributed by atoms with Gasteiger partial charge in [0.05, 0.1) is 11.9 Å². The van der Waals surface area contributed by atoms with Gasteiger partial charge in [0, 0.05) is 0 Å². The van der Waals surface area contributed by atoms with Gasteiger partial charge in [-0.05, 0) is 24.7 Å². The van der Waals surface area contributed by atoms with Gasteiger partial charge in [-0.2, -0.15) is 4.37 Å². The number of carbonyl (C=O) groups excluding carboxylic acids is 1. The molecule has 0 atom stereocenters. The second-order valence-corrected chi connectivity index (χ2v) is 5.91. The number of hydrogen-bond donors (Lipinski definition) is 1. The summed E-state index contributed by atoms with van der Waals surface area (Å²) in [4.78, 5) is 19.7. The van der Waals surface area contributed by atoms with E-state index in [9.17, 15) is 4.79 Å². The van der Waals surface area contributed by atoms with Crippen LogP contribution in [0, 0.1) is 6.92 Å². The van der Waals surface area contributed by atoms with Crippen molar-refractivity contribution in [1.29, 1.82) is 0 Å². The van der Waals surface area contributed by atoms with E-state index in [-0.39, 0.29) is 17.7 Å². The lowest BCUT2D eigenvalue weighted by atomic mass is 10.6. The molecule has 0 aliphatic carbocycles. The smallest absolute Gasteiger partial charge is 0.301 e. The molecule has 6 nitrogen and oxygen atoms in total. The number of carbonyl (C=O) groups is 1. The van der Waals surface area contributed by atoms with E-state index in [2.05, 4.69) is 19.7 Å². The number of aromatic nitrogens is 3. The Labute approximate surface area is 116 Å². The molecule has 2 aromatic heterocycles. The number of thioether (sulfide) groups is 2. The van der Waals surface area contributed by atoms with Gasteiger partial charge < -0.3 is 4.42 Å². The monoisotopic (exact) mass is 302 g/mol. The Hall–Kier alpha value is -1.06. The van der Waals surface area contributed by atoms with Crippen molar-refractivity contribution in [2.45, 2.75) is 16.4 Å². The first kappa shape index (κ1) is 13.4. The molecule has 0 radical (unpaired) electrons. The van der Waals surface area contributed by atoms with E-state index in [1.807, 2.05) is 6.26 Å². The fourth-order valence-corrected chi connectivity index (χ4v) is 3.04. The van der Waals surface area contributed by atoms with Crippen LogP contribution in [0.4, 0.5) is 6.01 Å². The summed E-state index contributed by atoms with van der Waals surface area (Å²) in [5, 5.41) is 3.30. The van der Waals surface area contributed by atoms with Gasteiger partial charge in [0.15, 0.2) is 4.34 Å². The molecule has 1 amide bonds. The van der Waals surface area contributed by atoms with Crippen LogP contribution in [0.2, 0.25) is 0 Å². The Morgan fingerprint density at radius 2 is 2.44 bits per heavy atom. The van der Waals surface area contributed by atoms with Crippen molar-refractivity contribution in [2.75, 3.05) is 17.3 Å². The Bertz CT molecular complexity index is 539. The van der Waals surface area contributed by atoms with Gasteiger partial charge in [-0.25, -0.2) is 9.97 Å². The van der Waals surface area contributed by atoms with Crippen molar-refractivity contribution >= 4 is 47.0 Å².